The van der Waals surface area contributed by atoms with Crippen LogP contribution < -0.4 is 14.2 Å². The number of carboxylic acids is 1. The number of likely N-dealkylation sites (tertiary alicyclic amines) is 1. The number of hydroxylamine groups is 2. The number of hydrogen-bond donors (Lipinski definition) is 2. The van der Waals surface area contributed by atoms with E-state index >= 15 is 13.2 Å². The maximum absolute atomic E-state index is 15.1. The molecule has 274 valence electrons. The van der Waals surface area contributed by atoms with Crippen molar-refractivity contribution in [2.24, 2.45) is 0 Å². The van der Waals surface area contributed by atoms with Crippen LogP contribution in [0.15, 0.2) is 66.9 Å². The highest BCUT2D eigenvalue weighted by Gasteiger charge is 2.57. The quantitative estimate of drug-likeness (QED) is 0.160. The molecule has 2 heterocycles. The molecule has 14 heteroatoms. The monoisotopic (exact) mass is 713 g/mol. The maximum Gasteiger partial charge on any atom is 0.422 e. The number of methoxy groups -OCH3 is 2. The lowest BCUT2D eigenvalue weighted by Crippen LogP contribution is -2.53. The second kappa shape index (κ2) is 15.6. The van der Waals surface area contributed by atoms with Crippen molar-refractivity contribution in [1.82, 2.24) is 14.5 Å². The van der Waals surface area contributed by atoms with E-state index in [1.165, 1.54) is 52.8 Å². The third kappa shape index (κ3) is 8.24. The molecule has 51 heavy (non-hydrogen) atoms. The lowest BCUT2D eigenvalue weighted by Gasteiger charge is -2.39. The van der Waals surface area contributed by atoms with Crippen LogP contribution in [-0.2, 0) is 28.2 Å². The van der Waals surface area contributed by atoms with Gasteiger partial charge in [-0.15, -0.1) is 0 Å². The Morgan fingerprint density at radius 2 is 1.59 bits per heavy atom. The first-order valence-corrected chi connectivity index (χ1v) is 16.4. The van der Waals surface area contributed by atoms with Gasteiger partial charge in [-0.2, -0.15) is 13.2 Å². The van der Waals surface area contributed by atoms with Crippen LogP contribution in [0.5, 0.6) is 17.2 Å². The molecular formula is C37H42F3N3O8. The van der Waals surface area contributed by atoms with E-state index in [9.17, 15) is 14.7 Å². The summed E-state index contributed by atoms with van der Waals surface area (Å²) in [4.78, 5) is 30.6. The van der Waals surface area contributed by atoms with Gasteiger partial charge in [0.25, 0.3) is 5.91 Å². The molecule has 2 N–H and O–H groups in total. The Balaban J connectivity index is 1.40. The highest BCUT2D eigenvalue weighted by Crippen LogP contribution is 2.45. The third-order valence-corrected chi connectivity index (χ3v) is 9.22. The number of carboxylic acid groups (broad SMARTS) is 1. The summed E-state index contributed by atoms with van der Waals surface area (Å²) in [5.41, 5.74) is -1.46. The van der Waals surface area contributed by atoms with Gasteiger partial charge in [0, 0.05) is 67.9 Å². The molecule has 4 aromatic rings. The minimum atomic E-state index is -5.04. The Hall–Kier alpha value is -4.79. The second-order valence-electron chi connectivity index (χ2n) is 12.5. The highest BCUT2D eigenvalue weighted by atomic mass is 19.4. The minimum absolute atomic E-state index is 0.0739. The molecular weight excluding hydrogens is 671 g/mol. The number of alkyl halides is 3. The molecule has 1 aliphatic rings. The Bertz CT molecular complexity index is 1820. The molecule has 1 saturated heterocycles. The molecule has 1 amide bonds. The predicted molar refractivity (Wildman–Crippen MR) is 182 cm³/mol. The van der Waals surface area contributed by atoms with Crippen LogP contribution in [0.25, 0.3) is 10.9 Å². The number of hydrogen-bond acceptors (Lipinski definition) is 8. The van der Waals surface area contributed by atoms with Crippen molar-refractivity contribution >= 4 is 22.8 Å². The van der Waals surface area contributed by atoms with Gasteiger partial charge in [-0.3, -0.25) is 19.3 Å². The van der Waals surface area contributed by atoms with Crippen LogP contribution in [0.1, 0.15) is 46.3 Å². The Morgan fingerprint density at radius 1 is 0.941 bits per heavy atom. The minimum Gasteiger partial charge on any atom is -0.493 e. The number of aryl methyl sites for hydroxylation is 1. The van der Waals surface area contributed by atoms with Gasteiger partial charge in [0.05, 0.1) is 21.3 Å². The summed E-state index contributed by atoms with van der Waals surface area (Å²) in [5, 5.41) is 22.0. The number of ether oxygens (including phenoxy) is 3. The summed E-state index contributed by atoms with van der Waals surface area (Å²) in [7, 11) is 5.68. The molecule has 0 spiro atoms. The van der Waals surface area contributed by atoms with Gasteiger partial charge in [0.2, 0.25) is 11.4 Å². The van der Waals surface area contributed by atoms with Gasteiger partial charge < -0.3 is 29.0 Å². The second-order valence-corrected chi connectivity index (χ2v) is 12.5. The number of aliphatic carboxylic acids is 1. The van der Waals surface area contributed by atoms with Crippen LogP contribution in [0.2, 0.25) is 0 Å². The molecule has 1 aromatic heterocycles. The number of aliphatic hydroxyl groups is 1. The van der Waals surface area contributed by atoms with E-state index in [0.29, 0.717) is 41.2 Å². The van der Waals surface area contributed by atoms with E-state index in [1.807, 2.05) is 30.3 Å². The van der Waals surface area contributed by atoms with Crippen LogP contribution >= 0.6 is 0 Å². The lowest BCUT2D eigenvalue weighted by atomic mass is 9.90. The van der Waals surface area contributed by atoms with Crippen LogP contribution in [0.4, 0.5) is 13.2 Å². The fourth-order valence-corrected chi connectivity index (χ4v) is 6.38. The topological polar surface area (TPSA) is 123 Å². The number of halogens is 3. The highest BCUT2D eigenvalue weighted by molar-refractivity contribution is 5.98. The van der Waals surface area contributed by atoms with E-state index in [4.69, 9.17) is 24.2 Å². The number of β-amino-alcohol motifs (C(OH)–C–C–N with tert-alkyl or cyclic N) is 1. The molecule has 0 radical (unpaired) electrons. The van der Waals surface area contributed by atoms with Gasteiger partial charge in [0.15, 0.2) is 11.5 Å². The van der Waals surface area contributed by atoms with Gasteiger partial charge in [-0.05, 0) is 54.7 Å². The zero-order valence-corrected chi connectivity index (χ0v) is 28.9. The van der Waals surface area contributed by atoms with Gasteiger partial charge in [0.1, 0.15) is 6.10 Å². The maximum atomic E-state index is 15.1. The SMILES string of the molecule is COc1cc(CCC(=O)O)cc(OC)c1OC1CCN(CC(O)(c2cn(Cc3ccccc3)c3cc(C(=O)N(C)OC)ccc23)C(F)(F)F)CC1. The molecule has 1 atom stereocenters. The van der Waals surface area contributed by atoms with E-state index in [0.717, 1.165) is 10.6 Å². The van der Waals surface area contributed by atoms with Crippen molar-refractivity contribution in [2.45, 2.75) is 50.1 Å². The first-order valence-electron chi connectivity index (χ1n) is 16.4. The number of piperidine rings is 1. The van der Waals surface area contributed by atoms with E-state index < -0.39 is 30.2 Å². The number of carbonyl (C=O) groups is 2. The summed E-state index contributed by atoms with van der Waals surface area (Å²) in [6.45, 7) is -0.102. The van der Waals surface area contributed by atoms with Crippen molar-refractivity contribution in [1.29, 1.82) is 0 Å². The van der Waals surface area contributed by atoms with Crippen molar-refractivity contribution in [2.75, 3.05) is 48.0 Å². The number of rotatable bonds is 14. The van der Waals surface area contributed by atoms with Crippen molar-refractivity contribution in [3.05, 3.63) is 89.1 Å². The summed E-state index contributed by atoms with van der Waals surface area (Å²) >= 11 is 0. The van der Waals surface area contributed by atoms with Crippen LogP contribution in [0.3, 0.4) is 0 Å². The molecule has 3 aromatic carbocycles. The van der Waals surface area contributed by atoms with Crippen molar-refractivity contribution in [3.8, 4) is 17.2 Å². The first-order chi connectivity index (χ1) is 24.3. The Morgan fingerprint density at radius 3 is 2.16 bits per heavy atom. The van der Waals surface area contributed by atoms with Crippen molar-refractivity contribution < 1.29 is 52.0 Å². The first kappa shape index (κ1) is 37.5. The summed E-state index contributed by atoms with van der Waals surface area (Å²) in [6, 6.07) is 16.9. The number of carbonyl (C=O) groups excluding carboxylic acids is 1. The lowest BCUT2D eigenvalue weighted by molar-refractivity contribution is -0.272. The Kier molecular flexibility index (Phi) is 11.5. The normalized spacial score (nSPS) is 15.4. The zero-order valence-electron chi connectivity index (χ0n) is 28.9. The molecule has 11 nitrogen and oxygen atoms in total. The average molecular weight is 714 g/mol. The molecule has 0 bridgehead atoms. The van der Waals surface area contributed by atoms with E-state index in [1.54, 1.807) is 21.6 Å². The molecule has 5 rings (SSSR count). The van der Waals surface area contributed by atoms with Crippen LogP contribution in [-0.4, -0.2) is 96.9 Å². The smallest absolute Gasteiger partial charge is 0.422 e. The number of amides is 1. The molecule has 0 saturated carbocycles. The summed E-state index contributed by atoms with van der Waals surface area (Å²) in [6.07, 6.45) is -3.20. The summed E-state index contributed by atoms with van der Waals surface area (Å²) < 4.78 is 64.2. The fourth-order valence-electron chi connectivity index (χ4n) is 6.38. The molecule has 0 aliphatic carbocycles. The van der Waals surface area contributed by atoms with E-state index in [-0.39, 0.29) is 55.1 Å². The van der Waals surface area contributed by atoms with Crippen LogP contribution in [0, 0.1) is 0 Å². The van der Waals surface area contributed by atoms with Gasteiger partial charge >= 0.3 is 12.1 Å². The summed E-state index contributed by atoms with van der Waals surface area (Å²) in [5.74, 6) is -0.380. The van der Waals surface area contributed by atoms with E-state index in [2.05, 4.69) is 0 Å². The fraction of sp³-hybridized carbons (Fsp3) is 0.405. The van der Waals surface area contributed by atoms with Gasteiger partial charge in [-0.1, -0.05) is 36.4 Å². The average Bonchev–Trinajstić information content (AvgIpc) is 3.48. The predicted octanol–water partition coefficient (Wildman–Crippen LogP) is 5.65. The third-order valence-electron chi connectivity index (χ3n) is 9.22. The van der Waals surface area contributed by atoms with Crippen molar-refractivity contribution in [3.63, 3.8) is 0 Å². The van der Waals surface area contributed by atoms with Gasteiger partial charge in [-0.25, -0.2) is 5.06 Å². The molecule has 1 aliphatic heterocycles. The number of nitrogens with zero attached hydrogens (tertiary/aromatic N) is 3. The number of aromatic nitrogens is 1. The molecule has 1 unspecified atom stereocenters. The largest absolute Gasteiger partial charge is 0.493 e. The zero-order chi connectivity index (χ0) is 36.9. The standard InChI is InChI=1S/C37H42F3N3O8/c1-41(50-4)35(46)26-11-12-28-29(22-43(30(28)20-26)21-24-8-6-5-7-9-24)36(47,37(38,39)40)23-42-16-14-27(15-17-42)51-34-31(48-2)18-25(10-13-33(44)45)19-32(34)49-3/h5-9,11-12,18-20,22,27,47H,10,13-17,21,23H2,1-4H3,(H,44,45). The number of benzene rings is 3. The Labute approximate surface area is 293 Å². The molecule has 1 fully saturated rings. The number of fused-ring (bicyclic) bond motifs is 1.